The monoisotopic (exact) mass is 1160 g/mol. The van der Waals surface area contributed by atoms with E-state index in [9.17, 15) is 31.6 Å². The molecule has 4 N–H and O–H groups in total. The second kappa shape index (κ2) is 21.6. The summed E-state index contributed by atoms with van der Waals surface area (Å²) in [5.41, 5.74) is -3.54. The minimum Gasteiger partial charge on any atom is -0.387 e. The average molecular weight is 1160 g/mol. The minimum atomic E-state index is -4.91. The molecule has 0 bridgehead atoms. The molecular formula is C56H84O21S2. The van der Waals surface area contributed by atoms with Gasteiger partial charge in [0.25, 0.3) is 0 Å². The third-order valence-corrected chi connectivity index (χ3v) is 20.8. The number of aliphatic hydroxyl groups excluding tert-OH is 1. The molecule has 79 heavy (non-hydrogen) atoms. The first-order valence-corrected chi connectivity index (χ1v) is 31.4. The van der Waals surface area contributed by atoms with E-state index in [-0.39, 0.29) is 86.7 Å². The molecular weight excluding hydrogens is 1070 g/mol. The molecule has 11 fully saturated rings. The summed E-state index contributed by atoms with van der Waals surface area (Å²) >= 11 is 0. The lowest BCUT2D eigenvalue weighted by Crippen LogP contribution is -2.74. The van der Waals surface area contributed by atoms with E-state index >= 15 is 0 Å². The highest BCUT2D eigenvalue weighted by Crippen LogP contribution is 2.54. The molecule has 21 nitrogen and oxygen atoms in total. The molecule has 0 amide bonds. The summed E-state index contributed by atoms with van der Waals surface area (Å²) in [6.07, 6.45) is 2.61. The Kier molecular flexibility index (Phi) is 16.1. The van der Waals surface area contributed by atoms with E-state index in [0.717, 1.165) is 18.4 Å². The number of hydrogen-bond acceptors (Lipinski definition) is 19. The molecule has 0 saturated carbocycles. The molecule has 11 heterocycles. The van der Waals surface area contributed by atoms with E-state index in [1.165, 1.54) is 0 Å². The normalized spacial score (nSPS) is 50.5. The largest absolute Gasteiger partial charge is 0.397 e. The highest BCUT2D eigenvalue weighted by Gasteiger charge is 2.65. The summed E-state index contributed by atoms with van der Waals surface area (Å²) in [5.74, 6) is 0.0693. The van der Waals surface area contributed by atoms with Crippen LogP contribution < -0.4 is 0 Å². The third-order valence-electron chi connectivity index (χ3n) is 19.8. The number of ether oxygens (including phenoxy) is 11. The van der Waals surface area contributed by atoms with Crippen molar-refractivity contribution < 1.29 is 96.6 Å². The first-order chi connectivity index (χ1) is 37.0. The van der Waals surface area contributed by atoms with Gasteiger partial charge in [-0.2, -0.15) is 16.8 Å². The molecule has 0 aliphatic carbocycles. The highest BCUT2D eigenvalue weighted by atomic mass is 32.3. The standard InChI is InChI=1S/C56H84O21S2/c1-10-12-29(2)13-17-52(5,58)51-31(4)21-40-39(72-51)27-47-56(9,75-40)50(57)49-43(71-47)25-42-48(73-49)30(3)14-18-54(7)45(70-42)28-44-55(8,77-54)19-15-32-33(69-44)22-35-34(66-32)23-36-37(67-35)24-41-38(68-36)26-46(76-79(62,63)64)53(6,74-41)16-11-20-65-78(59,60)61/h10,13,17,30,32-51,57-58H,1-2,4,11-12,14-16,18-28H2,3,5-9H3,(H,59,60,61)(H,62,63,64)/b17-13+. The molecule has 11 aliphatic rings. The molecule has 26 atom stereocenters. The number of hydrogen-bond donors (Lipinski definition) is 4. The van der Waals surface area contributed by atoms with Gasteiger partial charge in [0, 0.05) is 44.9 Å². The highest BCUT2D eigenvalue weighted by molar-refractivity contribution is 7.81. The summed E-state index contributed by atoms with van der Waals surface area (Å²) < 4.78 is 151. The smallest absolute Gasteiger partial charge is 0.387 e. The topological polar surface area (TPSA) is 269 Å². The third kappa shape index (κ3) is 11.7. The van der Waals surface area contributed by atoms with Gasteiger partial charge in [0.05, 0.1) is 121 Å². The Morgan fingerprint density at radius 2 is 1.27 bits per heavy atom. The SMILES string of the molecule is C=CCC(=C)/C=C/C(C)(O)C1OC2CC3OC4CC5OC6CC7OC8CC9OC%10CC%11OC(C)(CCCOS(=O)(=O)O)C(OS(=O)(=O)O)CC%11OC%10CC9OC8CCC7(C)OC6(C)CCC(C)C5OC4C(O)C3(C)OC2CC1=C. The van der Waals surface area contributed by atoms with Crippen LogP contribution in [0.4, 0.5) is 0 Å². The van der Waals surface area contributed by atoms with Gasteiger partial charge in [-0.05, 0) is 97.5 Å². The molecule has 23 heteroatoms. The minimum absolute atomic E-state index is 0.0618. The summed E-state index contributed by atoms with van der Waals surface area (Å²) in [6.45, 7) is 23.5. The number of allylic oxidation sites excluding steroid dienone is 3. The van der Waals surface area contributed by atoms with Gasteiger partial charge in [-0.1, -0.05) is 43.9 Å². The molecule has 0 aromatic rings. The van der Waals surface area contributed by atoms with Gasteiger partial charge in [0.15, 0.2) is 0 Å². The molecule has 26 unspecified atom stereocenters. The maximum absolute atomic E-state index is 12.3. The van der Waals surface area contributed by atoms with E-state index < -0.39 is 116 Å². The average Bonchev–Trinajstić information content (AvgIpc) is 3.76. The predicted molar refractivity (Wildman–Crippen MR) is 280 cm³/mol. The Hall–Kier alpha value is -1.82. The van der Waals surface area contributed by atoms with Gasteiger partial charge in [-0.25, -0.2) is 8.37 Å². The first-order valence-electron chi connectivity index (χ1n) is 28.7. The zero-order valence-electron chi connectivity index (χ0n) is 46.3. The van der Waals surface area contributed by atoms with Crippen molar-refractivity contribution in [2.24, 2.45) is 5.92 Å². The fraction of sp³-hybridized carbons (Fsp3) is 0.857. The summed E-state index contributed by atoms with van der Waals surface area (Å²) in [4.78, 5) is 0. The van der Waals surface area contributed by atoms with Crippen LogP contribution in [0, 0.1) is 5.92 Å². The quantitative estimate of drug-likeness (QED) is 0.0819. The van der Waals surface area contributed by atoms with E-state index in [1.54, 1.807) is 32.1 Å². The van der Waals surface area contributed by atoms with Gasteiger partial charge >= 0.3 is 20.8 Å². The van der Waals surface area contributed by atoms with Crippen LogP contribution in [0.3, 0.4) is 0 Å². The Balaban J connectivity index is 0.745. The number of rotatable bonds is 12. The van der Waals surface area contributed by atoms with Crippen molar-refractivity contribution in [1.29, 1.82) is 0 Å². The summed E-state index contributed by atoms with van der Waals surface area (Å²) in [6, 6.07) is 0. The zero-order valence-corrected chi connectivity index (χ0v) is 48.0. The van der Waals surface area contributed by atoms with E-state index in [0.29, 0.717) is 69.8 Å². The fourth-order valence-corrected chi connectivity index (χ4v) is 16.4. The molecule has 0 aromatic carbocycles. The van der Waals surface area contributed by atoms with E-state index in [1.807, 2.05) is 6.92 Å². The van der Waals surface area contributed by atoms with Gasteiger partial charge in [-0.15, -0.1) is 6.58 Å². The molecule has 11 rings (SSSR count). The Morgan fingerprint density at radius 1 is 0.696 bits per heavy atom. The molecule has 0 radical (unpaired) electrons. The lowest BCUT2D eigenvalue weighted by molar-refractivity contribution is -0.369. The van der Waals surface area contributed by atoms with Crippen molar-refractivity contribution >= 4 is 20.8 Å². The fourth-order valence-electron chi connectivity index (χ4n) is 15.5. The van der Waals surface area contributed by atoms with Crippen LogP contribution in [0.5, 0.6) is 0 Å². The van der Waals surface area contributed by atoms with Gasteiger partial charge in [-0.3, -0.25) is 9.11 Å². The lowest BCUT2D eigenvalue weighted by Gasteiger charge is -2.61. The van der Waals surface area contributed by atoms with Crippen LogP contribution in [0.15, 0.2) is 49.1 Å². The van der Waals surface area contributed by atoms with Crippen LogP contribution in [0.1, 0.15) is 138 Å². The second-order valence-electron chi connectivity index (χ2n) is 25.9. The van der Waals surface area contributed by atoms with Crippen LogP contribution >= 0.6 is 0 Å². The van der Waals surface area contributed by atoms with Crippen LogP contribution in [0.2, 0.25) is 0 Å². The maximum Gasteiger partial charge on any atom is 0.397 e. The first kappa shape index (κ1) is 58.9. The molecule has 11 aliphatic heterocycles. The zero-order chi connectivity index (χ0) is 56.4. The Bertz CT molecular complexity index is 2560. The van der Waals surface area contributed by atoms with Crippen molar-refractivity contribution in [3.63, 3.8) is 0 Å². The summed E-state index contributed by atoms with van der Waals surface area (Å²) in [7, 11) is -9.60. The maximum atomic E-state index is 12.3. The van der Waals surface area contributed by atoms with Gasteiger partial charge in [0.1, 0.15) is 35.6 Å². The summed E-state index contributed by atoms with van der Waals surface area (Å²) in [5, 5.41) is 24.0. The van der Waals surface area contributed by atoms with Crippen molar-refractivity contribution in [1.82, 2.24) is 0 Å². The molecule has 0 spiro atoms. The van der Waals surface area contributed by atoms with Crippen molar-refractivity contribution in [3.8, 4) is 0 Å². The predicted octanol–water partition coefficient (Wildman–Crippen LogP) is 5.45. The van der Waals surface area contributed by atoms with Crippen LogP contribution in [-0.4, -0.2) is 193 Å². The van der Waals surface area contributed by atoms with E-state index in [2.05, 4.69) is 44.7 Å². The molecule has 446 valence electrons. The Labute approximate surface area is 465 Å². The lowest BCUT2D eigenvalue weighted by atomic mass is 9.73. The number of aliphatic hydroxyl groups is 2. The van der Waals surface area contributed by atoms with Gasteiger partial charge < -0.3 is 62.3 Å². The molecule has 0 aromatic heterocycles. The number of fused-ring (bicyclic) bond motifs is 10. The van der Waals surface area contributed by atoms with Crippen molar-refractivity contribution in [2.75, 3.05) is 6.61 Å². The van der Waals surface area contributed by atoms with E-state index in [4.69, 9.17) is 60.8 Å². The van der Waals surface area contributed by atoms with Crippen LogP contribution in [0.25, 0.3) is 0 Å². The molecule has 11 saturated heterocycles. The second-order valence-corrected chi connectivity index (χ2v) is 28.0. The van der Waals surface area contributed by atoms with Crippen molar-refractivity contribution in [3.05, 3.63) is 49.1 Å². The Morgan fingerprint density at radius 3 is 1.92 bits per heavy atom. The van der Waals surface area contributed by atoms with Crippen LogP contribution in [-0.2, 0) is 81.3 Å². The van der Waals surface area contributed by atoms with Crippen molar-refractivity contribution in [2.45, 2.75) is 288 Å². The van der Waals surface area contributed by atoms with Gasteiger partial charge in [0.2, 0.25) is 0 Å².